The largest absolute Gasteiger partial charge is 0.482 e. The van der Waals surface area contributed by atoms with Gasteiger partial charge in [-0.2, -0.15) is 0 Å². The molecule has 2 aromatic rings. The average Bonchev–Trinajstić information content (AvgIpc) is 2.64. The molecule has 6 nitrogen and oxygen atoms in total. The number of amides is 1. The van der Waals surface area contributed by atoms with E-state index in [0.717, 1.165) is 6.42 Å². The fourth-order valence-electron chi connectivity index (χ4n) is 2.16. The number of aldehydes is 1. The highest BCUT2D eigenvalue weighted by molar-refractivity contribution is 9.11. The van der Waals surface area contributed by atoms with Crippen LogP contribution in [0.25, 0.3) is 0 Å². The average molecular weight is 499 g/mol. The zero-order valence-electron chi connectivity index (χ0n) is 14.5. The molecule has 8 heteroatoms. The Labute approximate surface area is 173 Å². The van der Waals surface area contributed by atoms with E-state index >= 15 is 0 Å². The van der Waals surface area contributed by atoms with Crippen LogP contribution in [0.1, 0.15) is 34.1 Å². The van der Waals surface area contributed by atoms with Gasteiger partial charge in [-0.3, -0.25) is 9.59 Å². The van der Waals surface area contributed by atoms with Crippen molar-refractivity contribution in [2.24, 2.45) is 0 Å². The third kappa shape index (κ3) is 6.18. The van der Waals surface area contributed by atoms with Gasteiger partial charge in [-0.1, -0.05) is 28.9 Å². The SMILES string of the molecule is CCCOC(=O)c1cccc(NC(=O)COc2c(Br)cc(Br)cc2C=O)c1. The molecule has 0 unspecified atom stereocenters. The standard InChI is InChI=1S/C19H17Br2NO5/c1-2-6-26-19(25)12-4-3-5-15(8-12)22-17(24)11-27-18-13(10-23)7-14(20)9-16(18)21/h3-5,7-10H,2,6,11H2,1H3,(H,22,24). The molecule has 0 atom stereocenters. The molecule has 0 bridgehead atoms. The van der Waals surface area contributed by atoms with E-state index in [0.29, 0.717) is 38.7 Å². The smallest absolute Gasteiger partial charge is 0.338 e. The lowest BCUT2D eigenvalue weighted by atomic mass is 10.2. The highest BCUT2D eigenvalue weighted by atomic mass is 79.9. The van der Waals surface area contributed by atoms with E-state index < -0.39 is 11.9 Å². The fraction of sp³-hybridized carbons (Fsp3) is 0.211. The summed E-state index contributed by atoms with van der Waals surface area (Å²) in [6.07, 6.45) is 1.38. The second-order valence-corrected chi connectivity index (χ2v) is 7.25. The summed E-state index contributed by atoms with van der Waals surface area (Å²) >= 11 is 6.59. The summed E-state index contributed by atoms with van der Waals surface area (Å²) < 4.78 is 11.8. The van der Waals surface area contributed by atoms with Crippen molar-refractivity contribution < 1.29 is 23.9 Å². The first-order valence-corrected chi connectivity index (χ1v) is 9.67. The Balaban J connectivity index is 2.01. The number of esters is 1. The molecule has 0 radical (unpaired) electrons. The molecule has 0 heterocycles. The molecule has 0 aliphatic carbocycles. The van der Waals surface area contributed by atoms with Gasteiger partial charge in [-0.25, -0.2) is 4.79 Å². The summed E-state index contributed by atoms with van der Waals surface area (Å²) in [5.74, 6) is -0.598. The molecule has 1 amide bonds. The minimum absolute atomic E-state index is 0.278. The van der Waals surface area contributed by atoms with E-state index in [1.165, 1.54) is 6.07 Å². The van der Waals surface area contributed by atoms with Crippen molar-refractivity contribution in [1.29, 1.82) is 0 Å². The van der Waals surface area contributed by atoms with Crippen molar-refractivity contribution in [3.63, 3.8) is 0 Å². The van der Waals surface area contributed by atoms with Gasteiger partial charge in [0.2, 0.25) is 0 Å². The lowest BCUT2D eigenvalue weighted by Crippen LogP contribution is -2.21. The molecule has 0 fully saturated rings. The van der Waals surface area contributed by atoms with Crippen LogP contribution in [-0.4, -0.2) is 31.4 Å². The van der Waals surface area contributed by atoms with Crippen molar-refractivity contribution in [3.05, 3.63) is 56.5 Å². The number of rotatable bonds is 8. The Morgan fingerprint density at radius 2 is 1.96 bits per heavy atom. The summed E-state index contributed by atoms with van der Waals surface area (Å²) in [4.78, 5) is 35.2. The molecule has 0 aliphatic heterocycles. The quantitative estimate of drug-likeness (QED) is 0.424. The molecule has 0 saturated heterocycles. The zero-order valence-corrected chi connectivity index (χ0v) is 17.6. The third-order valence-electron chi connectivity index (χ3n) is 3.33. The maximum absolute atomic E-state index is 12.2. The van der Waals surface area contributed by atoms with Crippen LogP contribution < -0.4 is 10.1 Å². The summed E-state index contributed by atoms with van der Waals surface area (Å²) in [7, 11) is 0. The normalized spacial score (nSPS) is 10.2. The number of benzene rings is 2. The van der Waals surface area contributed by atoms with E-state index in [4.69, 9.17) is 9.47 Å². The Morgan fingerprint density at radius 1 is 1.19 bits per heavy atom. The molecule has 0 aromatic heterocycles. The molecule has 27 heavy (non-hydrogen) atoms. The zero-order chi connectivity index (χ0) is 19.8. The number of nitrogens with one attached hydrogen (secondary N) is 1. The van der Waals surface area contributed by atoms with Crippen LogP contribution in [0.3, 0.4) is 0 Å². The van der Waals surface area contributed by atoms with Crippen molar-refractivity contribution in [2.45, 2.75) is 13.3 Å². The topological polar surface area (TPSA) is 81.7 Å². The minimum Gasteiger partial charge on any atom is -0.482 e. The van der Waals surface area contributed by atoms with Gasteiger partial charge in [0.15, 0.2) is 12.9 Å². The number of hydrogen-bond donors (Lipinski definition) is 1. The van der Waals surface area contributed by atoms with E-state index in [1.807, 2.05) is 6.92 Å². The summed E-state index contributed by atoms with van der Waals surface area (Å²) in [5.41, 5.74) is 1.10. The maximum atomic E-state index is 12.2. The maximum Gasteiger partial charge on any atom is 0.338 e. The first-order valence-electron chi connectivity index (χ1n) is 8.08. The number of halogens is 2. The van der Waals surface area contributed by atoms with Crippen molar-refractivity contribution in [3.8, 4) is 5.75 Å². The van der Waals surface area contributed by atoms with Crippen LogP contribution >= 0.6 is 31.9 Å². The highest BCUT2D eigenvalue weighted by Gasteiger charge is 2.13. The number of anilines is 1. The molecule has 0 aliphatic rings. The van der Waals surface area contributed by atoms with Crippen LogP contribution in [0.15, 0.2) is 45.3 Å². The lowest BCUT2D eigenvalue weighted by molar-refractivity contribution is -0.118. The van der Waals surface area contributed by atoms with E-state index in [1.54, 1.807) is 30.3 Å². The molecular weight excluding hydrogens is 482 g/mol. The van der Waals surface area contributed by atoms with Gasteiger partial charge in [-0.05, 0) is 52.7 Å². The van der Waals surface area contributed by atoms with Crippen LogP contribution in [-0.2, 0) is 9.53 Å². The predicted molar refractivity (Wildman–Crippen MR) is 108 cm³/mol. The van der Waals surface area contributed by atoms with Crippen LogP contribution in [0.4, 0.5) is 5.69 Å². The molecule has 142 valence electrons. The van der Waals surface area contributed by atoms with E-state index in [-0.39, 0.29) is 12.4 Å². The molecule has 2 rings (SSSR count). The van der Waals surface area contributed by atoms with E-state index in [2.05, 4.69) is 37.2 Å². The second-order valence-electron chi connectivity index (χ2n) is 5.48. The van der Waals surface area contributed by atoms with Crippen LogP contribution in [0, 0.1) is 0 Å². The van der Waals surface area contributed by atoms with Gasteiger partial charge in [-0.15, -0.1) is 0 Å². The van der Waals surface area contributed by atoms with Gasteiger partial charge < -0.3 is 14.8 Å². The van der Waals surface area contributed by atoms with Gasteiger partial charge in [0.25, 0.3) is 5.91 Å². The van der Waals surface area contributed by atoms with Crippen molar-refractivity contribution >= 4 is 55.7 Å². The first kappa shape index (κ1) is 21.1. The molecule has 0 spiro atoms. The molecule has 1 N–H and O–H groups in total. The van der Waals surface area contributed by atoms with E-state index in [9.17, 15) is 14.4 Å². The summed E-state index contributed by atoms with van der Waals surface area (Å²) in [6.45, 7) is 1.94. The third-order valence-corrected chi connectivity index (χ3v) is 4.38. The second kappa shape index (κ2) is 10.2. The predicted octanol–water partition coefficient (Wildman–Crippen LogP) is 4.61. The summed E-state index contributed by atoms with van der Waals surface area (Å²) in [5, 5.41) is 2.65. The van der Waals surface area contributed by atoms with Gasteiger partial charge >= 0.3 is 5.97 Å². The Kier molecular flexibility index (Phi) is 7.99. The number of hydrogen-bond acceptors (Lipinski definition) is 5. The summed E-state index contributed by atoms with van der Waals surface area (Å²) in [6, 6.07) is 9.75. The van der Waals surface area contributed by atoms with Crippen molar-refractivity contribution in [1.82, 2.24) is 0 Å². The minimum atomic E-state index is -0.446. The monoisotopic (exact) mass is 497 g/mol. The highest BCUT2D eigenvalue weighted by Crippen LogP contribution is 2.32. The molecular formula is C19H17Br2NO5. The number of carbonyl (C=O) groups is 3. The van der Waals surface area contributed by atoms with Crippen molar-refractivity contribution in [2.75, 3.05) is 18.5 Å². The van der Waals surface area contributed by atoms with Gasteiger partial charge in [0.1, 0.15) is 5.75 Å². The van der Waals surface area contributed by atoms with Crippen LogP contribution in [0.5, 0.6) is 5.75 Å². The first-order chi connectivity index (χ1) is 12.9. The van der Waals surface area contributed by atoms with Gasteiger partial charge in [0, 0.05) is 10.2 Å². The number of ether oxygens (including phenoxy) is 2. The lowest BCUT2D eigenvalue weighted by Gasteiger charge is -2.12. The molecule has 0 saturated carbocycles. The van der Waals surface area contributed by atoms with Crippen LogP contribution in [0.2, 0.25) is 0 Å². The number of carbonyl (C=O) groups excluding carboxylic acids is 3. The van der Waals surface area contributed by atoms with Gasteiger partial charge in [0.05, 0.1) is 22.2 Å². The Bertz CT molecular complexity index is 854. The Hall–Kier alpha value is -2.19. The Morgan fingerprint density at radius 3 is 2.67 bits per heavy atom. The fourth-order valence-corrected chi connectivity index (χ4v) is 3.53. The molecule has 2 aromatic carbocycles.